The van der Waals surface area contributed by atoms with Crippen LogP contribution in [-0.4, -0.2) is 6.04 Å². The molecule has 0 heterocycles. The molecule has 1 nitrogen and oxygen atoms in total. The molecule has 2 unspecified atom stereocenters. The minimum absolute atomic E-state index is 0.00526. The van der Waals surface area contributed by atoms with E-state index in [0.29, 0.717) is 22.9 Å². The topological polar surface area (TPSA) is 26.0 Å². The lowest BCUT2D eigenvalue weighted by Crippen LogP contribution is -2.30. The van der Waals surface area contributed by atoms with Crippen LogP contribution in [0.15, 0.2) is 18.2 Å². The highest BCUT2D eigenvalue weighted by atomic mass is 35.5. The van der Waals surface area contributed by atoms with E-state index in [4.69, 9.17) is 17.3 Å². The molecule has 0 amide bonds. The number of benzene rings is 1. The van der Waals surface area contributed by atoms with Gasteiger partial charge in [0.05, 0.1) is 0 Å². The Kier molecular flexibility index (Phi) is 4.55. The third kappa shape index (κ3) is 3.47. The second-order valence-electron chi connectivity index (χ2n) is 3.99. The third-order valence-electron chi connectivity index (χ3n) is 2.85. The van der Waals surface area contributed by atoms with Gasteiger partial charge < -0.3 is 5.73 Å². The fourth-order valence-corrected chi connectivity index (χ4v) is 1.60. The van der Waals surface area contributed by atoms with Gasteiger partial charge >= 0.3 is 0 Å². The van der Waals surface area contributed by atoms with Crippen molar-refractivity contribution < 1.29 is 4.39 Å². The minimum atomic E-state index is -0.263. The Morgan fingerprint density at radius 3 is 2.67 bits per heavy atom. The summed E-state index contributed by atoms with van der Waals surface area (Å²) in [6.45, 7) is 4.17. The van der Waals surface area contributed by atoms with Crippen molar-refractivity contribution in [2.45, 2.75) is 32.7 Å². The number of hydrogen-bond acceptors (Lipinski definition) is 1. The van der Waals surface area contributed by atoms with Crippen molar-refractivity contribution in [3.05, 3.63) is 34.6 Å². The summed E-state index contributed by atoms with van der Waals surface area (Å²) in [4.78, 5) is 0. The highest BCUT2D eigenvalue weighted by Gasteiger charge is 2.13. The average molecular weight is 230 g/mol. The van der Waals surface area contributed by atoms with Crippen molar-refractivity contribution in [1.29, 1.82) is 0 Å². The zero-order valence-corrected chi connectivity index (χ0v) is 9.89. The predicted molar refractivity (Wildman–Crippen MR) is 62.5 cm³/mol. The molecule has 84 valence electrons. The van der Waals surface area contributed by atoms with Crippen LogP contribution in [0, 0.1) is 11.7 Å². The van der Waals surface area contributed by atoms with Gasteiger partial charge in [-0.05, 0) is 30.0 Å². The Hall–Kier alpha value is -0.600. The average Bonchev–Trinajstić information content (AvgIpc) is 2.20. The van der Waals surface area contributed by atoms with Gasteiger partial charge in [0.25, 0.3) is 0 Å². The van der Waals surface area contributed by atoms with E-state index in [2.05, 4.69) is 13.8 Å². The summed E-state index contributed by atoms with van der Waals surface area (Å²) in [6.07, 6.45) is 1.58. The van der Waals surface area contributed by atoms with E-state index in [-0.39, 0.29) is 11.9 Å². The molecule has 1 aromatic carbocycles. The van der Waals surface area contributed by atoms with E-state index in [1.165, 1.54) is 6.07 Å². The minimum Gasteiger partial charge on any atom is -0.327 e. The number of hydrogen-bond donors (Lipinski definition) is 1. The first-order chi connectivity index (χ1) is 7.04. The number of halogens is 2. The monoisotopic (exact) mass is 229 g/mol. The molecule has 2 N–H and O–H groups in total. The lowest BCUT2D eigenvalue weighted by atomic mass is 9.94. The molecule has 0 radical (unpaired) electrons. The van der Waals surface area contributed by atoms with E-state index in [1.807, 2.05) is 0 Å². The quantitative estimate of drug-likeness (QED) is 0.842. The van der Waals surface area contributed by atoms with Crippen LogP contribution in [0.3, 0.4) is 0 Å². The molecule has 0 aliphatic heterocycles. The van der Waals surface area contributed by atoms with Crippen molar-refractivity contribution in [2.24, 2.45) is 11.7 Å². The van der Waals surface area contributed by atoms with Crippen molar-refractivity contribution in [1.82, 2.24) is 0 Å². The highest BCUT2D eigenvalue weighted by molar-refractivity contribution is 6.30. The molecule has 0 spiro atoms. The molecule has 0 saturated carbocycles. The predicted octanol–water partition coefficient (Wildman–Crippen LogP) is 3.40. The van der Waals surface area contributed by atoms with Crippen LogP contribution in [0.1, 0.15) is 25.8 Å². The molecule has 0 saturated heterocycles. The van der Waals surface area contributed by atoms with Crippen molar-refractivity contribution >= 4 is 11.6 Å². The molecular weight excluding hydrogens is 213 g/mol. The molecule has 0 aliphatic rings. The summed E-state index contributed by atoms with van der Waals surface area (Å²) in [7, 11) is 0. The van der Waals surface area contributed by atoms with Gasteiger partial charge in [0, 0.05) is 11.1 Å². The Morgan fingerprint density at radius 2 is 2.13 bits per heavy atom. The molecule has 1 rings (SSSR count). The van der Waals surface area contributed by atoms with Crippen LogP contribution in [0.5, 0.6) is 0 Å². The number of rotatable bonds is 4. The van der Waals surface area contributed by atoms with E-state index < -0.39 is 0 Å². The second kappa shape index (κ2) is 5.47. The standard InChI is InChI=1S/C12H17ClFN/c1-3-8(2)12(15)6-9-4-5-10(13)7-11(9)14/h4-5,7-8,12H,3,6,15H2,1-2H3. The lowest BCUT2D eigenvalue weighted by Gasteiger charge is -2.18. The summed E-state index contributed by atoms with van der Waals surface area (Å²) in [5.41, 5.74) is 6.61. The van der Waals surface area contributed by atoms with Crippen molar-refractivity contribution in [2.75, 3.05) is 0 Å². The number of nitrogens with two attached hydrogens (primary N) is 1. The fraction of sp³-hybridized carbons (Fsp3) is 0.500. The van der Waals surface area contributed by atoms with Gasteiger partial charge in [-0.1, -0.05) is 37.9 Å². The Morgan fingerprint density at radius 1 is 1.47 bits per heavy atom. The van der Waals surface area contributed by atoms with E-state index >= 15 is 0 Å². The maximum absolute atomic E-state index is 13.4. The first-order valence-corrected chi connectivity index (χ1v) is 5.62. The van der Waals surface area contributed by atoms with Crippen LogP contribution >= 0.6 is 11.6 Å². The fourth-order valence-electron chi connectivity index (χ4n) is 1.45. The summed E-state index contributed by atoms with van der Waals surface area (Å²) in [5, 5.41) is 0.424. The van der Waals surface area contributed by atoms with Crippen LogP contribution in [0.4, 0.5) is 4.39 Å². The van der Waals surface area contributed by atoms with Crippen LogP contribution in [-0.2, 0) is 6.42 Å². The molecule has 15 heavy (non-hydrogen) atoms. The summed E-state index contributed by atoms with van der Waals surface area (Å²) in [5.74, 6) is 0.140. The molecule has 2 atom stereocenters. The Bertz CT molecular complexity index is 327. The molecule has 0 aliphatic carbocycles. The van der Waals surface area contributed by atoms with Gasteiger partial charge in [0.15, 0.2) is 0 Å². The Labute approximate surface area is 95.4 Å². The molecule has 0 bridgehead atoms. The molecular formula is C12H17ClFN. The zero-order chi connectivity index (χ0) is 11.4. The van der Waals surface area contributed by atoms with E-state index in [9.17, 15) is 4.39 Å². The maximum Gasteiger partial charge on any atom is 0.127 e. The van der Waals surface area contributed by atoms with Gasteiger partial charge in [-0.2, -0.15) is 0 Å². The van der Waals surface area contributed by atoms with Crippen molar-refractivity contribution in [3.63, 3.8) is 0 Å². The highest BCUT2D eigenvalue weighted by Crippen LogP contribution is 2.18. The maximum atomic E-state index is 13.4. The van der Waals surface area contributed by atoms with E-state index in [0.717, 1.165) is 6.42 Å². The Balaban J connectivity index is 2.72. The normalized spacial score (nSPS) is 15.0. The van der Waals surface area contributed by atoms with Crippen LogP contribution in [0.2, 0.25) is 5.02 Å². The third-order valence-corrected chi connectivity index (χ3v) is 3.08. The van der Waals surface area contributed by atoms with Crippen molar-refractivity contribution in [3.8, 4) is 0 Å². The van der Waals surface area contributed by atoms with Gasteiger partial charge in [-0.3, -0.25) is 0 Å². The first-order valence-electron chi connectivity index (χ1n) is 5.24. The van der Waals surface area contributed by atoms with Gasteiger partial charge in [-0.15, -0.1) is 0 Å². The van der Waals surface area contributed by atoms with Crippen LogP contribution < -0.4 is 5.73 Å². The lowest BCUT2D eigenvalue weighted by molar-refractivity contribution is 0.434. The molecule has 3 heteroatoms. The summed E-state index contributed by atoms with van der Waals surface area (Å²) < 4.78 is 13.4. The molecule has 1 aromatic rings. The summed E-state index contributed by atoms with van der Waals surface area (Å²) >= 11 is 5.67. The second-order valence-corrected chi connectivity index (χ2v) is 4.43. The van der Waals surface area contributed by atoms with Gasteiger partial charge in [-0.25, -0.2) is 4.39 Å². The van der Waals surface area contributed by atoms with E-state index in [1.54, 1.807) is 12.1 Å². The van der Waals surface area contributed by atoms with Gasteiger partial charge in [0.1, 0.15) is 5.82 Å². The van der Waals surface area contributed by atoms with Gasteiger partial charge in [0.2, 0.25) is 0 Å². The SMILES string of the molecule is CCC(C)C(N)Cc1ccc(Cl)cc1F. The summed E-state index contributed by atoms with van der Waals surface area (Å²) in [6, 6.07) is 4.74. The largest absolute Gasteiger partial charge is 0.327 e. The smallest absolute Gasteiger partial charge is 0.127 e. The first kappa shape index (κ1) is 12.5. The zero-order valence-electron chi connectivity index (χ0n) is 9.13. The molecule has 0 aromatic heterocycles. The molecule has 0 fully saturated rings. The van der Waals surface area contributed by atoms with Crippen LogP contribution in [0.25, 0.3) is 0 Å².